The number of anilines is 1. The molecule has 0 fully saturated rings. The zero-order valence-corrected chi connectivity index (χ0v) is 11.6. The van der Waals surface area contributed by atoms with Gasteiger partial charge in [0.2, 0.25) is 0 Å². The van der Waals surface area contributed by atoms with Gasteiger partial charge in [-0.15, -0.1) is 5.12 Å². The highest BCUT2D eigenvalue weighted by Gasteiger charge is 2.23. The summed E-state index contributed by atoms with van der Waals surface area (Å²) in [5.74, 6) is -3.72. The zero-order valence-electron chi connectivity index (χ0n) is 10.8. The summed E-state index contributed by atoms with van der Waals surface area (Å²) in [4.78, 5) is 23.2. The molecule has 0 saturated heterocycles. The zero-order chi connectivity index (χ0) is 16.3. The lowest BCUT2D eigenvalue weighted by Crippen LogP contribution is -2.39. The Morgan fingerprint density at radius 1 is 1.00 bits per heavy atom. The van der Waals surface area contributed by atoms with Crippen molar-refractivity contribution in [3.8, 4) is 0 Å². The second-order valence-corrected chi connectivity index (χ2v) is 4.55. The largest absolute Gasteiger partial charge is 0.357 e. The van der Waals surface area contributed by atoms with Gasteiger partial charge in [-0.05, 0) is 36.4 Å². The Balaban J connectivity index is 2.14. The molecule has 0 bridgehead atoms. The summed E-state index contributed by atoms with van der Waals surface area (Å²) >= 11 is 5.62. The summed E-state index contributed by atoms with van der Waals surface area (Å²) in [7, 11) is 0. The number of imide groups is 1. The van der Waals surface area contributed by atoms with Gasteiger partial charge in [0, 0.05) is 5.02 Å². The molecule has 2 aromatic carbocycles. The van der Waals surface area contributed by atoms with Gasteiger partial charge in [0.25, 0.3) is 5.91 Å². The Morgan fingerprint density at radius 2 is 1.55 bits per heavy atom. The molecule has 0 heterocycles. The van der Waals surface area contributed by atoms with Gasteiger partial charge in [-0.1, -0.05) is 22.1 Å². The quantitative estimate of drug-likeness (QED) is 0.851. The maximum absolute atomic E-state index is 13.8. The Hall–Kier alpha value is -2.54. The molecule has 0 aliphatic heterocycles. The van der Waals surface area contributed by atoms with Crippen molar-refractivity contribution in [1.82, 2.24) is 5.32 Å². The summed E-state index contributed by atoms with van der Waals surface area (Å²) in [6, 6.07) is 6.29. The topological polar surface area (TPSA) is 49.4 Å². The van der Waals surface area contributed by atoms with Gasteiger partial charge >= 0.3 is 6.03 Å². The number of nitrogens with zero attached hydrogens (tertiary/aromatic N) is 1. The number of urea groups is 1. The average Bonchev–Trinajstić information content (AvgIpc) is 2.47. The van der Waals surface area contributed by atoms with Crippen molar-refractivity contribution in [3.05, 3.63) is 64.7 Å². The Kier molecular flexibility index (Phi) is 4.67. The minimum Gasteiger partial charge on any atom is -0.271 e. The summed E-state index contributed by atoms with van der Waals surface area (Å²) in [5, 5.41) is 1.49. The van der Waals surface area contributed by atoms with E-state index >= 15 is 0 Å². The Labute approximate surface area is 128 Å². The lowest BCUT2D eigenvalue weighted by molar-refractivity contribution is 0.0954. The fraction of sp³-hybridized carbons (Fsp3) is 0. The van der Waals surface area contributed by atoms with Gasteiger partial charge in [0.1, 0.15) is 17.2 Å². The molecule has 0 aliphatic rings. The number of hydrogen-bond donors (Lipinski definition) is 1. The molecule has 2 rings (SSSR count). The molecule has 0 atom stereocenters. The van der Waals surface area contributed by atoms with Crippen molar-refractivity contribution < 1.29 is 22.9 Å². The van der Waals surface area contributed by atoms with E-state index in [1.165, 1.54) is 24.3 Å². The Bertz CT molecular complexity index is 702. The van der Waals surface area contributed by atoms with Crippen molar-refractivity contribution >= 4 is 29.2 Å². The van der Waals surface area contributed by atoms with E-state index in [2.05, 4.69) is 0 Å². The smallest absolute Gasteiger partial charge is 0.271 e. The molecule has 0 saturated carbocycles. The molecule has 0 unspecified atom stereocenters. The van der Waals surface area contributed by atoms with Crippen molar-refractivity contribution in [2.75, 3.05) is 5.12 Å². The Morgan fingerprint density at radius 3 is 2.09 bits per heavy atom. The van der Waals surface area contributed by atoms with E-state index in [0.29, 0.717) is 5.02 Å². The molecule has 3 amide bonds. The third-order valence-corrected chi connectivity index (χ3v) is 2.89. The fourth-order valence-corrected chi connectivity index (χ4v) is 1.74. The number of hydrogen-bond acceptors (Lipinski definition) is 2. The van der Waals surface area contributed by atoms with Crippen LogP contribution >= 0.6 is 11.6 Å². The van der Waals surface area contributed by atoms with E-state index in [9.17, 15) is 22.9 Å². The van der Waals surface area contributed by atoms with Crippen molar-refractivity contribution in [3.63, 3.8) is 0 Å². The van der Waals surface area contributed by atoms with Crippen LogP contribution in [0.25, 0.3) is 0 Å². The van der Waals surface area contributed by atoms with E-state index in [1.54, 1.807) is 5.32 Å². The number of carbonyl (C=O) groups is 2. The molecule has 0 radical (unpaired) electrons. The number of amides is 3. The second kappa shape index (κ2) is 6.48. The van der Waals surface area contributed by atoms with Gasteiger partial charge in [0.05, 0.1) is 5.69 Å². The first-order chi connectivity index (χ1) is 10.4. The first kappa shape index (κ1) is 15.8. The highest BCUT2D eigenvalue weighted by atomic mass is 35.5. The summed E-state index contributed by atoms with van der Waals surface area (Å²) in [5.41, 5.74) is -1.18. The highest BCUT2D eigenvalue weighted by Crippen LogP contribution is 2.19. The standard InChI is InChI=1S/C14H8ClF3N2O2/c15-8-4-6-9(7-5-8)20(18)14(22)19-13(21)12-10(16)2-1-3-11(12)17/h1-7H,(H,19,21,22). The van der Waals surface area contributed by atoms with Gasteiger partial charge in [-0.25, -0.2) is 13.6 Å². The predicted octanol–water partition coefficient (Wildman–Crippen LogP) is 3.86. The van der Waals surface area contributed by atoms with Crippen LogP contribution in [0.2, 0.25) is 5.02 Å². The third kappa shape index (κ3) is 3.37. The molecule has 0 aliphatic carbocycles. The van der Waals surface area contributed by atoms with E-state index < -0.39 is 29.1 Å². The van der Waals surface area contributed by atoms with Crippen molar-refractivity contribution in [2.45, 2.75) is 0 Å². The maximum Gasteiger partial charge on any atom is 0.357 e. The van der Waals surface area contributed by atoms with Gasteiger partial charge in [0.15, 0.2) is 0 Å². The number of carbonyl (C=O) groups excluding carboxylic acids is 2. The first-order valence-corrected chi connectivity index (χ1v) is 6.28. The predicted molar refractivity (Wildman–Crippen MR) is 74.3 cm³/mol. The minimum absolute atomic E-state index is 0.205. The van der Waals surface area contributed by atoms with Gasteiger partial charge < -0.3 is 0 Å². The molecule has 2 aromatic rings. The van der Waals surface area contributed by atoms with Gasteiger partial charge in [-0.2, -0.15) is 0 Å². The van der Waals surface area contributed by atoms with Gasteiger partial charge in [-0.3, -0.25) is 10.1 Å². The second-order valence-electron chi connectivity index (χ2n) is 4.11. The van der Waals surface area contributed by atoms with Crippen molar-refractivity contribution in [1.29, 1.82) is 0 Å². The lowest BCUT2D eigenvalue weighted by atomic mass is 10.2. The number of rotatable bonds is 2. The fourth-order valence-electron chi connectivity index (χ4n) is 1.61. The molecular weight excluding hydrogens is 321 g/mol. The third-order valence-electron chi connectivity index (χ3n) is 2.64. The van der Waals surface area contributed by atoms with Crippen LogP contribution in [0.5, 0.6) is 0 Å². The van der Waals surface area contributed by atoms with E-state index in [4.69, 9.17) is 11.6 Å². The number of nitrogens with one attached hydrogen (secondary N) is 1. The summed E-state index contributed by atoms with van der Waals surface area (Å²) in [6.07, 6.45) is 0. The number of benzene rings is 2. The average molecular weight is 329 g/mol. The summed E-state index contributed by atoms with van der Waals surface area (Å²) in [6.45, 7) is 0. The van der Waals surface area contributed by atoms with Crippen LogP contribution in [0, 0.1) is 11.6 Å². The molecular formula is C14H8ClF3N2O2. The molecule has 4 nitrogen and oxygen atoms in total. The van der Waals surface area contributed by atoms with Crippen LogP contribution in [-0.4, -0.2) is 11.9 Å². The molecule has 114 valence electrons. The first-order valence-electron chi connectivity index (χ1n) is 5.91. The minimum atomic E-state index is -1.49. The normalized spacial score (nSPS) is 10.2. The summed E-state index contributed by atoms with van der Waals surface area (Å²) < 4.78 is 40.5. The molecule has 0 aromatic heterocycles. The highest BCUT2D eigenvalue weighted by molar-refractivity contribution is 6.30. The maximum atomic E-state index is 13.8. The van der Waals surface area contributed by atoms with Crippen LogP contribution in [0.1, 0.15) is 10.4 Å². The van der Waals surface area contributed by atoms with Crippen LogP contribution in [0.3, 0.4) is 0 Å². The van der Waals surface area contributed by atoms with Crippen LogP contribution < -0.4 is 10.4 Å². The van der Waals surface area contributed by atoms with Crippen LogP contribution in [-0.2, 0) is 0 Å². The molecule has 1 N–H and O–H groups in total. The van der Waals surface area contributed by atoms with Crippen LogP contribution in [0.4, 0.5) is 23.7 Å². The molecule has 22 heavy (non-hydrogen) atoms. The lowest BCUT2D eigenvalue weighted by Gasteiger charge is -2.13. The SMILES string of the molecule is O=C(NC(=O)N(F)c1ccc(Cl)cc1)c1c(F)cccc1F. The van der Waals surface area contributed by atoms with E-state index in [0.717, 1.165) is 18.2 Å². The monoisotopic (exact) mass is 328 g/mol. The molecule has 8 heteroatoms. The molecule has 0 spiro atoms. The van der Waals surface area contributed by atoms with Crippen LogP contribution in [0.15, 0.2) is 42.5 Å². The van der Waals surface area contributed by atoms with E-state index in [1.807, 2.05) is 0 Å². The van der Waals surface area contributed by atoms with Crippen molar-refractivity contribution in [2.24, 2.45) is 0 Å². The van der Waals surface area contributed by atoms with E-state index in [-0.39, 0.29) is 10.8 Å². The number of halogens is 4.